The minimum Gasteiger partial charge on any atom is -0.462 e. The van der Waals surface area contributed by atoms with Gasteiger partial charge in [-0.25, -0.2) is 14.2 Å². The second kappa shape index (κ2) is 11.2. The van der Waals surface area contributed by atoms with Crippen molar-refractivity contribution in [3.05, 3.63) is 90.0 Å². The zero-order valence-electron chi connectivity index (χ0n) is 18.3. The van der Waals surface area contributed by atoms with Crippen LogP contribution in [0, 0.1) is 0 Å². The van der Waals surface area contributed by atoms with Gasteiger partial charge in [0, 0.05) is 11.4 Å². The summed E-state index contributed by atoms with van der Waals surface area (Å²) in [6.07, 6.45) is 0. The number of ether oxygens (including phenoxy) is 2. The summed E-state index contributed by atoms with van der Waals surface area (Å²) in [5, 5.41) is 5.77. The van der Waals surface area contributed by atoms with Crippen LogP contribution in [0.1, 0.15) is 34.6 Å². The molecule has 2 N–H and O–H groups in total. The summed E-state index contributed by atoms with van der Waals surface area (Å²) < 4.78 is 29.5. The van der Waals surface area contributed by atoms with Crippen molar-refractivity contribution < 1.29 is 28.2 Å². The van der Waals surface area contributed by atoms with Crippen molar-refractivity contribution in [2.24, 2.45) is 0 Å². The van der Waals surface area contributed by atoms with Crippen LogP contribution in [-0.2, 0) is 14.0 Å². The highest BCUT2D eigenvalue weighted by Crippen LogP contribution is 2.47. The molecule has 0 radical (unpaired) electrons. The van der Waals surface area contributed by atoms with E-state index in [1.54, 1.807) is 86.6 Å². The van der Waals surface area contributed by atoms with E-state index in [4.69, 9.17) is 14.0 Å². The second-order valence-corrected chi connectivity index (χ2v) is 8.51. The SMILES string of the molecule is CCOC(=O)c1ccc(NP(=O)(Nc2ccc(C(=O)OCC)cc2)Oc2ccccc2)cc1. The van der Waals surface area contributed by atoms with Gasteiger partial charge in [-0.05, 0) is 74.5 Å². The molecule has 3 rings (SSSR count). The molecule has 0 saturated heterocycles. The van der Waals surface area contributed by atoms with E-state index in [0.29, 0.717) is 28.3 Å². The normalized spacial score (nSPS) is 10.7. The Labute approximate surface area is 192 Å². The lowest BCUT2D eigenvalue weighted by Crippen LogP contribution is -2.12. The van der Waals surface area contributed by atoms with E-state index in [2.05, 4.69) is 10.2 Å². The fraction of sp³-hybridized carbons (Fsp3) is 0.167. The summed E-state index contributed by atoms with van der Waals surface area (Å²) in [5.41, 5.74) is 1.70. The fourth-order valence-electron chi connectivity index (χ4n) is 2.83. The Morgan fingerprint density at radius 2 is 1.12 bits per heavy atom. The van der Waals surface area contributed by atoms with Gasteiger partial charge in [-0.2, -0.15) is 0 Å². The van der Waals surface area contributed by atoms with Crippen LogP contribution >= 0.6 is 7.67 Å². The first kappa shape index (κ1) is 23.9. The topological polar surface area (TPSA) is 103 Å². The van der Waals surface area contributed by atoms with Crippen molar-refractivity contribution in [3.8, 4) is 5.75 Å². The first-order valence-electron chi connectivity index (χ1n) is 10.4. The number of carbonyl (C=O) groups is 2. The van der Waals surface area contributed by atoms with Crippen molar-refractivity contribution in [2.45, 2.75) is 13.8 Å². The van der Waals surface area contributed by atoms with Gasteiger partial charge >= 0.3 is 19.6 Å². The molecule has 172 valence electrons. The van der Waals surface area contributed by atoms with Gasteiger partial charge in [-0.15, -0.1) is 0 Å². The van der Waals surface area contributed by atoms with E-state index in [0.717, 1.165) is 0 Å². The molecule has 0 spiro atoms. The molecule has 0 aromatic heterocycles. The third kappa shape index (κ3) is 6.85. The number of carbonyl (C=O) groups excluding carboxylic acids is 2. The quantitative estimate of drug-likeness (QED) is 0.286. The number of anilines is 2. The molecule has 0 aliphatic rings. The third-order valence-corrected chi connectivity index (χ3v) is 5.89. The molecule has 3 aromatic rings. The average molecular weight is 468 g/mol. The predicted octanol–water partition coefficient (Wildman–Crippen LogP) is 5.75. The fourth-order valence-corrected chi connectivity index (χ4v) is 4.38. The highest BCUT2D eigenvalue weighted by atomic mass is 31.2. The number of nitrogens with one attached hydrogen (secondary N) is 2. The Morgan fingerprint density at radius 1 is 0.697 bits per heavy atom. The Morgan fingerprint density at radius 3 is 1.52 bits per heavy atom. The minimum absolute atomic E-state index is 0.276. The minimum atomic E-state index is -3.72. The molecule has 0 aliphatic carbocycles. The molecule has 0 fully saturated rings. The maximum absolute atomic E-state index is 13.7. The van der Waals surface area contributed by atoms with Crippen LogP contribution in [0.15, 0.2) is 78.9 Å². The van der Waals surface area contributed by atoms with Crippen LogP contribution in [0.2, 0.25) is 0 Å². The smallest absolute Gasteiger partial charge is 0.444 e. The lowest BCUT2D eigenvalue weighted by Gasteiger charge is -2.23. The molecule has 3 aromatic carbocycles. The zero-order chi connectivity index (χ0) is 23.7. The van der Waals surface area contributed by atoms with Crippen molar-refractivity contribution >= 4 is 31.0 Å². The number of hydrogen-bond acceptors (Lipinski definition) is 6. The van der Waals surface area contributed by atoms with E-state index in [1.165, 1.54) is 0 Å². The monoisotopic (exact) mass is 468 g/mol. The summed E-state index contributed by atoms with van der Waals surface area (Å²) >= 11 is 0. The zero-order valence-corrected chi connectivity index (χ0v) is 19.2. The summed E-state index contributed by atoms with van der Waals surface area (Å²) in [7, 11) is -3.72. The Hall–Kier alpha value is -3.77. The molecular weight excluding hydrogens is 443 g/mol. The van der Waals surface area contributed by atoms with Gasteiger partial charge in [0.25, 0.3) is 0 Å². The van der Waals surface area contributed by atoms with E-state index in [9.17, 15) is 14.2 Å². The largest absolute Gasteiger partial charge is 0.462 e. The molecule has 0 saturated carbocycles. The van der Waals surface area contributed by atoms with Crippen molar-refractivity contribution in [1.29, 1.82) is 0 Å². The Kier molecular flexibility index (Phi) is 8.11. The summed E-state index contributed by atoms with van der Waals surface area (Å²) in [6.45, 7) is 4.02. The van der Waals surface area contributed by atoms with Crippen LogP contribution in [-0.4, -0.2) is 25.2 Å². The van der Waals surface area contributed by atoms with Crippen molar-refractivity contribution in [1.82, 2.24) is 0 Å². The molecule has 33 heavy (non-hydrogen) atoms. The van der Waals surface area contributed by atoms with Gasteiger partial charge < -0.3 is 14.0 Å². The maximum Gasteiger partial charge on any atom is 0.444 e. The molecule has 8 nitrogen and oxygen atoms in total. The van der Waals surface area contributed by atoms with E-state index in [-0.39, 0.29) is 13.2 Å². The van der Waals surface area contributed by atoms with Gasteiger partial charge in [0.2, 0.25) is 0 Å². The van der Waals surface area contributed by atoms with Crippen molar-refractivity contribution in [3.63, 3.8) is 0 Å². The summed E-state index contributed by atoms with van der Waals surface area (Å²) in [6, 6.07) is 21.4. The molecule has 0 heterocycles. The molecule has 0 atom stereocenters. The maximum atomic E-state index is 13.7. The van der Waals surface area contributed by atoms with E-state index >= 15 is 0 Å². The molecule has 0 unspecified atom stereocenters. The second-order valence-electron chi connectivity index (χ2n) is 6.78. The third-order valence-electron chi connectivity index (χ3n) is 4.32. The molecule has 0 aliphatic heterocycles. The first-order valence-corrected chi connectivity index (χ1v) is 12.0. The van der Waals surface area contributed by atoms with Crippen LogP contribution in [0.3, 0.4) is 0 Å². The van der Waals surface area contributed by atoms with E-state index in [1.807, 2.05) is 6.07 Å². The molecule has 9 heteroatoms. The van der Waals surface area contributed by atoms with Crippen LogP contribution in [0.5, 0.6) is 5.75 Å². The van der Waals surface area contributed by atoms with Crippen molar-refractivity contribution in [2.75, 3.05) is 23.4 Å². The lowest BCUT2D eigenvalue weighted by molar-refractivity contribution is 0.0517. The van der Waals surface area contributed by atoms with Gasteiger partial charge in [0.15, 0.2) is 0 Å². The highest BCUT2D eigenvalue weighted by Gasteiger charge is 2.26. The standard InChI is InChI=1S/C24H25N2O6P/c1-3-30-23(27)18-10-14-20(15-11-18)25-33(29,32-22-8-6-5-7-9-22)26-21-16-12-19(13-17-21)24(28)31-4-2/h5-17H,3-4H2,1-2H3,(H2,25,26,29). The number of benzene rings is 3. The lowest BCUT2D eigenvalue weighted by atomic mass is 10.2. The van der Waals surface area contributed by atoms with Gasteiger partial charge in [-0.1, -0.05) is 18.2 Å². The first-order chi connectivity index (χ1) is 15.9. The van der Waals surface area contributed by atoms with Gasteiger partial charge in [-0.3, -0.25) is 10.2 Å². The predicted molar refractivity (Wildman–Crippen MR) is 127 cm³/mol. The Bertz CT molecular complexity index is 1050. The molecular formula is C24H25N2O6P. The number of para-hydroxylation sites is 1. The summed E-state index contributed by atoms with van der Waals surface area (Å²) in [4.78, 5) is 23.7. The van der Waals surface area contributed by atoms with Gasteiger partial charge in [0.05, 0.1) is 24.3 Å². The Balaban J connectivity index is 1.82. The highest BCUT2D eigenvalue weighted by molar-refractivity contribution is 7.62. The number of esters is 2. The average Bonchev–Trinajstić information content (AvgIpc) is 2.81. The molecule has 0 amide bonds. The van der Waals surface area contributed by atoms with E-state index < -0.39 is 19.6 Å². The van der Waals surface area contributed by atoms with Crippen LogP contribution < -0.4 is 14.7 Å². The van der Waals surface area contributed by atoms with Crippen LogP contribution in [0.4, 0.5) is 11.4 Å². The van der Waals surface area contributed by atoms with Gasteiger partial charge in [0.1, 0.15) is 5.75 Å². The molecule has 0 bridgehead atoms. The van der Waals surface area contributed by atoms with Crippen LogP contribution in [0.25, 0.3) is 0 Å². The number of rotatable bonds is 10. The number of hydrogen-bond donors (Lipinski definition) is 2. The summed E-state index contributed by atoms with van der Waals surface area (Å²) in [5.74, 6) is -0.479.